The van der Waals surface area contributed by atoms with Crippen molar-refractivity contribution in [2.24, 2.45) is 0 Å². The SMILES string of the molecule is O=C1C=C(OCCCC(F)(F)F)CCN1C(F)(F)F. The Bertz CT molecular complexity index is 360. The molecule has 110 valence electrons. The van der Waals surface area contributed by atoms with Crippen molar-refractivity contribution in [1.29, 1.82) is 0 Å². The number of carbonyl (C=O) groups excluding carboxylic acids is 1. The summed E-state index contributed by atoms with van der Waals surface area (Å²) in [6, 6.07) is 0. The van der Waals surface area contributed by atoms with E-state index in [9.17, 15) is 31.1 Å². The number of hydrogen-bond donors (Lipinski definition) is 0. The maximum Gasteiger partial charge on any atom is 0.487 e. The lowest BCUT2D eigenvalue weighted by atomic mass is 10.2. The van der Waals surface area contributed by atoms with E-state index < -0.39 is 31.3 Å². The number of carbonyl (C=O) groups is 1. The number of rotatable bonds is 4. The Morgan fingerprint density at radius 1 is 1.21 bits per heavy atom. The first-order chi connectivity index (χ1) is 8.59. The molecule has 0 N–H and O–H groups in total. The number of nitrogens with zero attached hydrogens (tertiary/aromatic N) is 1. The third kappa shape index (κ3) is 5.39. The monoisotopic (exact) mass is 291 g/mol. The molecule has 1 rings (SSSR count). The zero-order valence-corrected chi connectivity index (χ0v) is 9.64. The van der Waals surface area contributed by atoms with Gasteiger partial charge in [0.1, 0.15) is 5.76 Å². The fourth-order valence-electron chi connectivity index (χ4n) is 1.46. The highest BCUT2D eigenvalue weighted by atomic mass is 19.4. The van der Waals surface area contributed by atoms with Crippen molar-refractivity contribution in [3.05, 3.63) is 11.8 Å². The van der Waals surface area contributed by atoms with Crippen LogP contribution in [0.15, 0.2) is 11.8 Å². The lowest BCUT2D eigenvalue weighted by molar-refractivity contribution is -0.239. The average molecular weight is 291 g/mol. The summed E-state index contributed by atoms with van der Waals surface area (Å²) in [7, 11) is 0. The minimum atomic E-state index is -4.75. The predicted molar refractivity (Wildman–Crippen MR) is 51.7 cm³/mol. The largest absolute Gasteiger partial charge is 0.498 e. The lowest BCUT2D eigenvalue weighted by Crippen LogP contribution is -2.44. The number of hydrogen-bond acceptors (Lipinski definition) is 2. The summed E-state index contributed by atoms with van der Waals surface area (Å²) in [5, 5.41) is 0. The summed E-state index contributed by atoms with van der Waals surface area (Å²) in [6.45, 7) is -0.877. The van der Waals surface area contributed by atoms with Crippen molar-refractivity contribution < 1.29 is 35.9 Å². The van der Waals surface area contributed by atoms with Crippen LogP contribution in [0.25, 0.3) is 0 Å². The average Bonchev–Trinajstić information content (AvgIpc) is 2.21. The molecule has 19 heavy (non-hydrogen) atoms. The minimum absolute atomic E-state index is 0.0207. The van der Waals surface area contributed by atoms with Gasteiger partial charge in [0.2, 0.25) is 0 Å². The normalized spacial score (nSPS) is 17.5. The van der Waals surface area contributed by atoms with Gasteiger partial charge in [-0.15, -0.1) is 13.2 Å². The fourth-order valence-corrected chi connectivity index (χ4v) is 1.46. The van der Waals surface area contributed by atoms with E-state index in [4.69, 9.17) is 4.74 Å². The van der Waals surface area contributed by atoms with Crippen LogP contribution in [-0.4, -0.2) is 36.4 Å². The molecule has 1 aliphatic heterocycles. The number of halogens is 6. The molecule has 3 nitrogen and oxygen atoms in total. The Balaban J connectivity index is 2.40. The smallest absolute Gasteiger partial charge is 0.487 e. The van der Waals surface area contributed by atoms with Gasteiger partial charge in [-0.1, -0.05) is 0 Å². The lowest BCUT2D eigenvalue weighted by Gasteiger charge is -2.27. The highest BCUT2D eigenvalue weighted by molar-refractivity contribution is 5.89. The van der Waals surface area contributed by atoms with Crippen molar-refractivity contribution in [2.75, 3.05) is 13.2 Å². The summed E-state index contributed by atoms with van der Waals surface area (Å²) in [6.07, 6.45) is -9.91. The quantitative estimate of drug-likeness (QED) is 0.453. The molecule has 0 atom stereocenters. The van der Waals surface area contributed by atoms with Gasteiger partial charge in [0.25, 0.3) is 5.91 Å². The van der Waals surface area contributed by atoms with E-state index in [-0.39, 0.29) is 30.1 Å². The summed E-state index contributed by atoms with van der Waals surface area (Å²) >= 11 is 0. The minimum Gasteiger partial charge on any atom is -0.498 e. The molecule has 0 aromatic heterocycles. The van der Waals surface area contributed by atoms with Crippen LogP contribution in [0.3, 0.4) is 0 Å². The molecule has 0 aromatic carbocycles. The molecule has 0 bridgehead atoms. The highest BCUT2D eigenvalue weighted by Gasteiger charge is 2.41. The zero-order valence-electron chi connectivity index (χ0n) is 9.64. The first-order valence-corrected chi connectivity index (χ1v) is 5.38. The van der Waals surface area contributed by atoms with Crippen molar-refractivity contribution in [2.45, 2.75) is 31.7 Å². The van der Waals surface area contributed by atoms with E-state index in [1.807, 2.05) is 0 Å². The molecule has 0 fully saturated rings. The van der Waals surface area contributed by atoms with Crippen molar-refractivity contribution in [1.82, 2.24) is 4.90 Å². The maximum absolute atomic E-state index is 12.3. The van der Waals surface area contributed by atoms with E-state index in [0.717, 1.165) is 0 Å². The first kappa shape index (κ1) is 15.6. The van der Waals surface area contributed by atoms with Crippen LogP contribution < -0.4 is 0 Å². The van der Waals surface area contributed by atoms with Gasteiger partial charge in [-0.3, -0.25) is 4.79 Å². The van der Waals surface area contributed by atoms with Crippen molar-refractivity contribution in [3.8, 4) is 0 Å². The molecule has 1 heterocycles. The molecule has 0 unspecified atom stereocenters. The molecular formula is C10H11F6NO2. The summed E-state index contributed by atoms with van der Waals surface area (Å²) in [5.41, 5.74) is 0. The molecule has 9 heteroatoms. The van der Waals surface area contributed by atoms with E-state index >= 15 is 0 Å². The molecular weight excluding hydrogens is 280 g/mol. The van der Waals surface area contributed by atoms with Crippen LogP contribution in [0.4, 0.5) is 26.3 Å². The molecule has 0 saturated heterocycles. The van der Waals surface area contributed by atoms with E-state index in [1.165, 1.54) is 0 Å². The van der Waals surface area contributed by atoms with Gasteiger partial charge in [-0.05, 0) is 6.42 Å². The summed E-state index contributed by atoms with van der Waals surface area (Å²) in [5.74, 6) is -1.29. The van der Waals surface area contributed by atoms with Gasteiger partial charge in [0.15, 0.2) is 0 Å². The number of ether oxygens (including phenoxy) is 1. The van der Waals surface area contributed by atoms with Crippen LogP contribution in [0.1, 0.15) is 19.3 Å². The Kier molecular flexibility index (Phi) is 4.70. The van der Waals surface area contributed by atoms with E-state index in [1.54, 1.807) is 0 Å². The third-order valence-electron chi connectivity index (χ3n) is 2.33. The number of amides is 1. The molecule has 1 amide bonds. The maximum atomic E-state index is 12.3. The molecule has 0 radical (unpaired) electrons. The van der Waals surface area contributed by atoms with Crippen LogP contribution in [0.5, 0.6) is 0 Å². The summed E-state index contributed by atoms with van der Waals surface area (Å²) < 4.78 is 77.1. The molecule has 0 aromatic rings. The predicted octanol–water partition coefficient (Wildman–Crippen LogP) is 2.98. The molecule has 0 spiro atoms. The van der Waals surface area contributed by atoms with Crippen LogP contribution >= 0.6 is 0 Å². The van der Waals surface area contributed by atoms with Gasteiger partial charge in [-0.2, -0.15) is 13.2 Å². The molecule has 1 aliphatic rings. The third-order valence-corrected chi connectivity index (χ3v) is 2.33. The second kappa shape index (κ2) is 5.70. The van der Waals surface area contributed by atoms with Crippen LogP contribution in [0.2, 0.25) is 0 Å². The Morgan fingerprint density at radius 3 is 2.32 bits per heavy atom. The van der Waals surface area contributed by atoms with Crippen LogP contribution in [-0.2, 0) is 9.53 Å². The number of alkyl halides is 6. The van der Waals surface area contributed by atoms with Gasteiger partial charge in [-0.25, -0.2) is 4.90 Å². The Morgan fingerprint density at radius 2 is 1.84 bits per heavy atom. The van der Waals surface area contributed by atoms with Crippen molar-refractivity contribution >= 4 is 5.91 Å². The fraction of sp³-hybridized carbons (Fsp3) is 0.700. The van der Waals surface area contributed by atoms with E-state index in [0.29, 0.717) is 6.08 Å². The van der Waals surface area contributed by atoms with Crippen molar-refractivity contribution in [3.63, 3.8) is 0 Å². The van der Waals surface area contributed by atoms with Gasteiger partial charge < -0.3 is 4.74 Å². The second-order valence-electron chi connectivity index (χ2n) is 3.89. The topological polar surface area (TPSA) is 29.5 Å². The molecule has 0 saturated carbocycles. The van der Waals surface area contributed by atoms with E-state index in [2.05, 4.69) is 0 Å². The van der Waals surface area contributed by atoms with Crippen LogP contribution in [0, 0.1) is 0 Å². The standard InChI is InChI=1S/C10H11F6NO2/c11-9(12,13)3-1-5-19-7-2-4-17(8(18)6-7)10(14,15)16/h6H,1-5H2. The highest BCUT2D eigenvalue weighted by Crippen LogP contribution is 2.26. The first-order valence-electron chi connectivity index (χ1n) is 5.38. The van der Waals surface area contributed by atoms with Gasteiger partial charge >= 0.3 is 12.5 Å². The van der Waals surface area contributed by atoms with Gasteiger partial charge in [0.05, 0.1) is 6.61 Å². The van der Waals surface area contributed by atoms with Gasteiger partial charge in [0, 0.05) is 25.5 Å². The summed E-state index contributed by atoms with van der Waals surface area (Å²) in [4.78, 5) is 10.8. The zero-order chi connectivity index (χ0) is 14.7. The molecule has 0 aliphatic carbocycles. The second-order valence-corrected chi connectivity index (χ2v) is 3.89. The Labute approximate surface area is 104 Å². The Hall–Kier alpha value is -1.41.